The molecule has 0 radical (unpaired) electrons. The van der Waals surface area contributed by atoms with Crippen LogP contribution in [0.5, 0.6) is 0 Å². The lowest BCUT2D eigenvalue weighted by Crippen LogP contribution is -2.41. The van der Waals surface area contributed by atoms with Crippen molar-refractivity contribution >= 4 is 87.8 Å². The first-order valence-electron chi connectivity index (χ1n) is 14.5. The van der Waals surface area contributed by atoms with Crippen LogP contribution in [-0.2, 0) is 9.31 Å². The summed E-state index contributed by atoms with van der Waals surface area (Å²) in [4.78, 5) is 0. The first-order valence-corrected chi connectivity index (χ1v) is 15.3. The van der Waals surface area contributed by atoms with Crippen molar-refractivity contribution in [1.82, 2.24) is 4.57 Å². The molecule has 3 aromatic heterocycles. The van der Waals surface area contributed by atoms with Crippen molar-refractivity contribution in [1.29, 1.82) is 0 Å². The fraction of sp³-hybridized carbons (Fsp3) is 0.167. The van der Waals surface area contributed by atoms with Crippen LogP contribution in [-0.4, -0.2) is 22.9 Å². The Kier molecular flexibility index (Phi) is 4.82. The van der Waals surface area contributed by atoms with Crippen LogP contribution >= 0.6 is 11.3 Å². The molecule has 0 unspecified atom stereocenters. The molecule has 0 bridgehead atoms. The second-order valence-electron chi connectivity index (χ2n) is 12.4. The molecule has 4 heterocycles. The molecule has 204 valence electrons. The number of nitrogens with zero attached hydrogens (tertiary/aromatic N) is 1. The van der Waals surface area contributed by atoms with E-state index < -0.39 is 18.3 Å². The lowest BCUT2D eigenvalue weighted by atomic mass is 9.78. The van der Waals surface area contributed by atoms with Crippen LogP contribution in [0.4, 0.5) is 0 Å². The molecule has 1 aliphatic rings. The number of rotatable bonds is 2. The van der Waals surface area contributed by atoms with E-state index in [2.05, 4.69) is 123 Å². The van der Waals surface area contributed by atoms with Crippen molar-refractivity contribution in [2.45, 2.75) is 38.9 Å². The summed E-state index contributed by atoms with van der Waals surface area (Å²) in [6, 6.07) is 34.6. The van der Waals surface area contributed by atoms with Crippen LogP contribution in [0.2, 0.25) is 0 Å². The highest BCUT2D eigenvalue weighted by atomic mass is 32.1. The molecule has 0 spiro atoms. The predicted octanol–water partition coefficient (Wildman–Crippen LogP) is 9.35. The Labute approximate surface area is 247 Å². The molecule has 5 aromatic carbocycles. The summed E-state index contributed by atoms with van der Waals surface area (Å²) in [5.41, 5.74) is 5.42. The third kappa shape index (κ3) is 3.20. The highest BCUT2D eigenvalue weighted by Crippen LogP contribution is 2.45. The maximum absolute atomic E-state index is 6.70. The highest BCUT2D eigenvalue weighted by Gasteiger charge is 2.52. The molecule has 1 fully saturated rings. The Balaban J connectivity index is 1.44. The van der Waals surface area contributed by atoms with E-state index in [9.17, 15) is 0 Å². The van der Waals surface area contributed by atoms with Gasteiger partial charge in [0, 0.05) is 52.9 Å². The molecule has 0 aliphatic carbocycles. The summed E-state index contributed by atoms with van der Waals surface area (Å²) in [6.45, 7) is 8.47. The molecule has 0 atom stereocenters. The number of fused-ring (bicyclic) bond motifs is 10. The van der Waals surface area contributed by atoms with Gasteiger partial charge in [-0.1, -0.05) is 54.6 Å². The van der Waals surface area contributed by atoms with E-state index in [1.165, 1.54) is 42.0 Å². The fourth-order valence-electron chi connectivity index (χ4n) is 6.67. The van der Waals surface area contributed by atoms with E-state index in [1.807, 2.05) is 6.07 Å². The maximum Gasteiger partial charge on any atom is 0.496 e. The van der Waals surface area contributed by atoms with Crippen molar-refractivity contribution in [3.8, 4) is 5.69 Å². The second kappa shape index (κ2) is 8.26. The van der Waals surface area contributed by atoms with Gasteiger partial charge in [0.15, 0.2) is 0 Å². The fourth-order valence-corrected chi connectivity index (χ4v) is 7.88. The molecule has 6 heteroatoms. The van der Waals surface area contributed by atoms with Gasteiger partial charge in [-0.25, -0.2) is 0 Å². The van der Waals surface area contributed by atoms with Crippen molar-refractivity contribution in [3.63, 3.8) is 0 Å². The first kappa shape index (κ1) is 24.5. The number of para-hydroxylation sites is 3. The lowest BCUT2D eigenvalue weighted by molar-refractivity contribution is 0.00578. The molecule has 1 saturated heterocycles. The lowest BCUT2D eigenvalue weighted by Gasteiger charge is -2.32. The van der Waals surface area contributed by atoms with E-state index >= 15 is 0 Å². The zero-order valence-corrected chi connectivity index (χ0v) is 24.7. The maximum atomic E-state index is 6.70. The van der Waals surface area contributed by atoms with Crippen LogP contribution in [0.3, 0.4) is 0 Å². The van der Waals surface area contributed by atoms with Crippen molar-refractivity contribution < 1.29 is 13.7 Å². The first-order chi connectivity index (χ1) is 20.3. The van der Waals surface area contributed by atoms with Gasteiger partial charge >= 0.3 is 7.12 Å². The van der Waals surface area contributed by atoms with E-state index in [1.54, 1.807) is 11.3 Å². The number of thiophene rings is 1. The molecule has 42 heavy (non-hydrogen) atoms. The summed E-state index contributed by atoms with van der Waals surface area (Å²) < 4.78 is 24.5. The van der Waals surface area contributed by atoms with Crippen LogP contribution in [0, 0.1) is 0 Å². The topological polar surface area (TPSA) is 36.5 Å². The van der Waals surface area contributed by atoms with Crippen molar-refractivity contribution in [2.75, 3.05) is 0 Å². The van der Waals surface area contributed by atoms with Gasteiger partial charge in [-0.3, -0.25) is 0 Å². The average Bonchev–Trinajstić information content (AvgIpc) is 3.69. The number of hydrogen-bond acceptors (Lipinski definition) is 4. The standard InChI is InChI=1S/C36H28BNO3S/c1-35(2)36(3,4)41-37(40-35)26-20-21(38-27-14-8-5-11-22(27)23-12-6-9-15-28(23)38)19-25-33-31(42-34(25)26)18-17-30-32(33)24-13-7-10-16-29(24)39-30/h5-20H,1-4H3. The smallest absolute Gasteiger partial charge is 0.456 e. The Bertz CT molecular complexity index is 2320. The highest BCUT2D eigenvalue weighted by molar-refractivity contribution is 7.27. The monoisotopic (exact) mass is 565 g/mol. The Hall–Kier alpha value is -4.10. The largest absolute Gasteiger partial charge is 0.496 e. The third-order valence-electron chi connectivity index (χ3n) is 9.43. The van der Waals surface area contributed by atoms with Crippen LogP contribution in [0.15, 0.2) is 101 Å². The molecule has 0 N–H and O–H groups in total. The van der Waals surface area contributed by atoms with Gasteiger partial charge in [-0.15, -0.1) is 11.3 Å². The van der Waals surface area contributed by atoms with Gasteiger partial charge in [0.2, 0.25) is 0 Å². The Morgan fingerprint density at radius 1 is 0.619 bits per heavy atom. The molecule has 4 nitrogen and oxygen atoms in total. The summed E-state index contributed by atoms with van der Waals surface area (Å²) >= 11 is 1.80. The van der Waals surface area contributed by atoms with Gasteiger partial charge in [0.25, 0.3) is 0 Å². The average molecular weight is 566 g/mol. The molecule has 1 aliphatic heterocycles. The van der Waals surface area contributed by atoms with Gasteiger partial charge < -0.3 is 18.3 Å². The number of hydrogen-bond donors (Lipinski definition) is 0. The van der Waals surface area contributed by atoms with Crippen molar-refractivity contribution in [3.05, 3.63) is 97.1 Å². The SMILES string of the molecule is CC1(C)OB(c2cc(-n3c4ccccc4c4ccccc43)cc3c2sc2ccc4oc5ccccc5c4c23)OC1(C)C. The normalized spacial score (nSPS) is 16.7. The zero-order valence-electron chi connectivity index (χ0n) is 23.9. The van der Waals surface area contributed by atoms with E-state index in [4.69, 9.17) is 13.7 Å². The summed E-state index contributed by atoms with van der Waals surface area (Å²) in [7, 11) is -0.491. The van der Waals surface area contributed by atoms with E-state index in [0.717, 1.165) is 33.1 Å². The third-order valence-corrected chi connectivity index (χ3v) is 10.7. The molecular formula is C36H28BNO3S. The Morgan fingerprint density at radius 3 is 1.93 bits per heavy atom. The minimum absolute atomic E-state index is 0.447. The van der Waals surface area contributed by atoms with Crippen LogP contribution in [0.1, 0.15) is 27.7 Å². The Morgan fingerprint density at radius 2 is 1.24 bits per heavy atom. The molecular weight excluding hydrogens is 537 g/mol. The molecule has 0 amide bonds. The molecule has 9 rings (SSSR count). The van der Waals surface area contributed by atoms with Crippen molar-refractivity contribution in [2.24, 2.45) is 0 Å². The van der Waals surface area contributed by atoms with E-state index in [0.29, 0.717) is 0 Å². The van der Waals surface area contributed by atoms with E-state index in [-0.39, 0.29) is 0 Å². The quantitative estimate of drug-likeness (QED) is 0.196. The van der Waals surface area contributed by atoms with Gasteiger partial charge in [0.1, 0.15) is 11.2 Å². The number of aromatic nitrogens is 1. The second-order valence-corrected chi connectivity index (χ2v) is 13.4. The summed E-state index contributed by atoms with van der Waals surface area (Å²) in [6.07, 6.45) is 0. The molecule has 0 saturated carbocycles. The summed E-state index contributed by atoms with van der Waals surface area (Å²) in [5.74, 6) is 0. The van der Waals surface area contributed by atoms with Gasteiger partial charge in [-0.05, 0) is 70.2 Å². The van der Waals surface area contributed by atoms with Crippen LogP contribution < -0.4 is 5.46 Å². The summed E-state index contributed by atoms with van der Waals surface area (Å²) in [5, 5.41) is 7.19. The van der Waals surface area contributed by atoms with Gasteiger partial charge in [-0.2, -0.15) is 0 Å². The zero-order chi connectivity index (χ0) is 28.4. The number of benzene rings is 5. The minimum Gasteiger partial charge on any atom is -0.456 e. The van der Waals surface area contributed by atoms with Crippen LogP contribution in [0.25, 0.3) is 69.6 Å². The minimum atomic E-state index is -0.491. The molecule has 8 aromatic rings. The number of furan rings is 1. The predicted molar refractivity (Wildman–Crippen MR) is 177 cm³/mol. The van der Waals surface area contributed by atoms with Gasteiger partial charge in [0.05, 0.1) is 22.2 Å².